The number of nitrogens with zero attached hydrogens (tertiary/aromatic N) is 1. The fourth-order valence-electron chi connectivity index (χ4n) is 2.28. The Morgan fingerprint density at radius 3 is 2.57 bits per heavy atom. The van der Waals surface area contributed by atoms with Gasteiger partial charge in [-0.15, -0.1) is 0 Å². The van der Waals surface area contributed by atoms with Crippen LogP contribution in [-0.2, 0) is 0 Å². The molecule has 2 aromatic carbocycles. The molecular formula is C18H16ClN3O. The number of H-pyrrole nitrogens is 1. The molecule has 5 heteroatoms. The second-order valence-electron chi connectivity index (χ2n) is 5.42. The van der Waals surface area contributed by atoms with Crippen molar-refractivity contribution in [1.29, 1.82) is 0 Å². The molecular weight excluding hydrogens is 310 g/mol. The first-order chi connectivity index (χ1) is 11.0. The Labute approximate surface area is 139 Å². The van der Waals surface area contributed by atoms with E-state index < -0.39 is 0 Å². The summed E-state index contributed by atoms with van der Waals surface area (Å²) in [6.07, 6.45) is 0. The lowest BCUT2D eigenvalue weighted by Crippen LogP contribution is -2.13. The number of anilines is 1. The van der Waals surface area contributed by atoms with Crippen LogP contribution in [0.3, 0.4) is 0 Å². The standard InChI is InChI=1S/C18H16ClN3O/c1-11-6-8-13(9-7-11)15-10-16(22-21-15)18(23)20-17-12(2)4-3-5-14(17)19/h3-10H,1-2H3,(H,20,23)(H,21,22). The van der Waals surface area contributed by atoms with Crippen molar-refractivity contribution in [3.8, 4) is 11.3 Å². The third-order valence-corrected chi connectivity index (χ3v) is 3.95. The van der Waals surface area contributed by atoms with E-state index in [9.17, 15) is 4.79 Å². The minimum absolute atomic E-state index is 0.271. The molecule has 0 radical (unpaired) electrons. The van der Waals surface area contributed by atoms with E-state index in [-0.39, 0.29) is 5.91 Å². The molecule has 1 amide bonds. The molecule has 0 aliphatic rings. The van der Waals surface area contributed by atoms with Gasteiger partial charge in [-0.1, -0.05) is 53.6 Å². The maximum absolute atomic E-state index is 12.4. The van der Waals surface area contributed by atoms with Gasteiger partial charge < -0.3 is 5.32 Å². The van der Waals surface area contributed by atoms with Crippen molar-refractivity contribution >= 4 is 23.2 Å². The normalized spacial score (nSPS) is 10.6. The van der Waals surface area contributed by atoms with Gasteiger partial charge in [0.05, 0.1) is 16.4 Å². The molecule has 0 unspecified atom stereocenters. The maximum atomic E-state index is 12.4. The number of aromatic nitrogens is 2. The molecule has 1 aromatic heterocycles. The number of hydrogen-bond acceptors (Lipinski definition) is 2. The molecule has 3 rings (SSSR count). The molecule has 0 saturated carbocycles. The lowest BCUT2D eigenvalue weighted by atomic mass is 10.1. The first-order valence-corrected chi connectivity index (χ1v) is 7.61. The van der Waals surface area contributed by atoms with Crippen LogP contribution in [0.2, 0.25) is 5.02 Å². The van der Waals surface area contributed by atoms with Gasteiger partial charge in [-0.05, 0) is 31.5 Å². The van der Waals surface area contributed by atoms with Gasteiger partial charge in [0.25, 0.3) is 5.91 Å². The number of para-hydroxylation sites is 1. The van der Waals surface area contributed by atoms with Crippen molar-refractivity contribution in [2.24, 2.45) is 0 Å². The summed E-state index contributed by atoms with van der Waals surface area (Å²) in [7, 11) is 0. The predicted octanol–water partition coefficient (Wildman–Crippen LogP) is 4.60. The Hall–Kier alpha value is -2.59. The molecule has 0 spiro atoms. The van der Waals surface area contributed by atoms with Crippen molar-refractivity contribution < 1.29 is 4.79 Å². The lowest BCUT2D eigenvalue weighted by Gasteiger charge is -2.08. The number of carbonyl (C=O) groups excluding carboxylic acids is 1. The number of halogens is 1. The average molecular weight is 326 g/mol. The summed E-state index contributed by atoms with van der Waals surface area (Å²) in [5, 5.41) is 10.3. The summed E-state index contributed by atoms with van der Waals surface area (Å²) in [6.45, 7) is 3.92. The highest BCUT2D eigenvalue weighted by Crippen LogP contribution is 2.26. The number of benzene rings is 2. The van der Waals surface area contributed by atoms with E-state index in [0.717, 1.165) is 16.8 Å². The summed E-state index contributed by atoms with van der Waals surface area (Å²) < 4.78 is 0. The molecule has 1 heterocycles. The Morgan fingerprint density at radius 1 is 1.13 bits per heavy atom. The topological polar surface area (TPSA) is 57.8 Å². The summed E-state index contributed by atoms with van der Waals surface area (Å²) in [5.41, 5.74) is 4.77. The Kier molecular flexibility index (Phi) is 4.17. The van der Waals surface area contributed by atoms with Crippen LogP contribution in [0, 0.1) is 13.8 Å². The van der Waals surface area contributed by atoms with Gasteiger partial charge in [0.2, 0.25) is 0 Å². The van der Waals surface area contributed by atoms with Crippen molar-refractivity contribution in [3.05, 3.63) is 70.4 Å². The predicted molar refractivity (Wildman–Crippen MR) is 92.9 cm³/mol. The second-order valence-corrected chi connectivity index (χ2v) is 5.83. The molecule has 0 atom stereocenters. The number of aryl methyl sites for hydroxylation is 2. The van der Waals surface area contributed by atoms with Gasteiger partial charge >= 0.3 is 0 Å². The van der Waals surface area contributed by atoms with Gasteiger partial charge in [0.15, 0.2) is 0 Å². The SMILES string of the molecule is Cc1ccc(-c2cc(C(=O)Nc3c(C)cccc3Cl)[nH]n2)cc1. The number of amides is 1. The van der Waals surface area contributed by atoms with Crippen LogP contribution in [0.15, 0.2) is 48.5 Å². The number of nitrogens with one attached hydrogen (secondary N) is 2. The molecule has 116 valence electrons. The number of rotatable bonds is 3. The fourth-order valence-corrected chi connectivity index (χ4v) is 2.55. The summed E-state index contributed by atoms with van der Waals surface area (Å²) in [5.74, 6) is -0.271. The highest BCUT2D eigenvalue weighted by Gasteiger charge is 2.13. The molecule has 0 fully saturated rings. The number of carbonyl (C=O) groups is 1. The zero-order chi connectivity index (χ0) is 16.4. The molecule has 0 aliphatic carbocycles. The first kappa shape index (κ1) is 15.3. The molecule has 4 nitrogen and oxygen atoms in total. The van der Waals surface area contributed by atoms with Gasteiger partial charge in [-0.3, -0.25) is 9.89 Å². The molecule has 0 aliphatic heterocycles. The molecule has 0 saturated heterocycles. The highest BCUT2D eigenvalue weighted by atomic mass is 35.5. The van der Waals surface area contributed by atoms with Gasteiger partial charge in [0, 0.05) is 5.56 Å². The van der Waals surface area contributed by atoms with E-state index in [1.165, 1.54) is 5.56 Å². The van der Waals surface area contributed by atoms with Crippen LogP contribution in [0.1, 0.15) is 21.6 Å². The summed E-state index contributed by atoms with van der Waals surface area (Å²) >= 11 is 6.14. The number of aromatic amines is 1. The zero-order valence-corrected chi connectivity index (χ0v) is 13.6. The Bertz CT molecular complexity index is 833. The molecule has 3 aromatic rings. The Morgan fingerprint density at radius 2 is 1.87 bits per heavy atom. The monoisotopic (exact) mass is 325 g/mol. The molecule has 0 bridgehead atoms. The van der Waals surface area contributed by atoms with E-state index in [1.54, 1.807) is 12.1 Å². The van der Waals surface area contributed by atoms with Gasteiger partial charge in [0.1, 0.15) is 5.69 Å². The van der Waals surface area contributed by atoms with E-state index in [0.29, 0.717) is 16.4 Å². The summed E-state index contributed by atoms with van der Waals surface area (Å²) in [4.78, 5) is 12.4. The third-order valence-electron chi connectivity index (χ3n) is 3.63. The van der Waals surface area contributed by atoms with E-state index in [1.807, 2.05) is 50.2 Å². The molecule has 23 heavy (non-hydrogen) atoms. The minimum atomic E-state index is -0.271. The van der Waals surface area contributed by atoms with Crippen LogP contribution < -0.4 is 5.32 Å². The first-order valence-electron chi connectivity index (χ1n) is 7.23. The van der Waals surface area contributed by atoms with Crippen LogP contribution in [-0.4, -0.2) is 16.1 Å². The maximum Gasteiger partial charge on any atom is 0.273 e. The molecule has 2 N–H and O–H groups in total. The quantitative estimate of drug-likeness (QED) is 0.739. The van der Waals surface area contributed by atoms with E-state index >= 15 is 0 Å². The summed E-state index contributed by atoms with van der Waals surface area (Å²) in [6, 6.07) is 15.2. The second kappa shape index (κ2) is 6.26. The third kappa shape index (κ3) is 3.27. The van der Waals surface area contributed by atoms with Crippen LogP contribution in [0.5, 0.6) is 0 Å². The van der Waals surface area contributed by atoms with Crippen molar-refractivity contribution in [1.82, 2.24) is 10.2 Å². The minimum Gasteiger partial charge on any atom is -0.319 e. The van der Waals surface area contributed by atoms with Gasteiger partial charge in [-0.25, -0.2) is 0 Å². The van der Waals surface area contributed by atoms with Gasteiger partial charge in [-0.2, -0.15) is 5.10 Å². The van der Waals surface area contributed by atoms with E-state index in [2.05, 4.69) is 15.5 Å². The van der Waals surface area contributed by atoms with Crippen molar-refractivity contribution in [3.63, 3.8) is 0 Å². The number of hydrogen-bond donors (Lipinski definition) is 2. The average Bonchev–Trinajstić information content (AvgIpc) is 3.02. The van der Waals surface area contributed by atoms with Crippen LogP contribution >= 0.6 is 11.6 Å². The largest absolute Gasteiger partial charge is 0.319 e. The lowest BCUT2D eigenvalue weighted by molar-refractivity contribution is 0.102. The Balaban J connectivity index is 1.83. The van der Waals surface area contributed by atoms with Crippen LogP contribution in [0.25, 0.3) is 11.3 Å². The smallest absolute Gasteiger partial charge is 0.273 e. The fraction of sp³-hybridized carbons (Fsp3) is 0.111. The van der Waals surface area contributed by atoms with Crippen molar-refractivity contribution in [2.45, 2.75) is 13.8 Å². The highest BCUT2D eigenvalue weighted by molar-refractivity contribution is 6.34. The van der Waals surface area contributed by atoms with E-state index in [4.69, 9.17) is 11.6 Å². The van der Waals surface area contributed by atoms with Crippen LogP contribution in [0.4, 0.5) is 5.69 Å². The zero-order valence-electron chi connectivity index (χ0n) is 12.9. The van der Waals surface area contributed by atoms with Crippen molar-refractivity contribution in [2.75, 3.05) is 5.32 Å².